The number of ether oxygens (including phenoxy) is 2. The molecule has 0 amide bonds. The van der Waals surface area contributed by atoms with Gasteiger partial charge in [-0.05, 0) is 37.1 Å². The van der Waals surface area contributed by atoms with Gasteiger partial charge in [-0.3, -0.25) is 0 Å². The first kappa shape index (κ1) is 16.8. The molecule has 0 fully saturated rings. The van der Waals surface area contributed by atoms with Crippen LogP contribution in [0.2, 0.25) is 0 Å². The van der Waals surface area contributed by atoms with Gasteiger partial charge in [-0.1, -0.05) is 24.3 Å². The van der Waals surface area contributed by atoms with E-state index < -0.39 is 17.7 Å². The van der Waals surface area contributed by atoms with Gasteiger partial charge in [0, 0.05) is 23.1 Å². The maximum Gasteiger partial charge on any atom is 0.346 e. The van der Waals surface area contributed by atoms with Gasteiger partial charge >= 0.3 is 11.6 Å². The summed E-state index contributed by atoms with van der Waals surface area (Å²) < 4.78 is 15.5. The summed E-state index contributed by atoms with van der Waals surface area (Å²) in [5.74, 6) is -0.0503. The van der Waals surface area contributed by atoms with Crippen molar-refractivity contribution in [2.75, 3.05) is 7.11 Å². The molecule has 0 unspecified atom stereocenters. The average Bonchev–Trinajstić information content (AvgIpc) is 2.60. The van der Waals surface area contributed by atoms with Crippen LogP contribution in [0.1, 0.15) is 12.5 Å². The summed E-state index contributed by atoms with van der Waals surface area (Å²) in [7, 11) is 1.30. The van der Waals surface area contributed by atoms with Crippen LogP contribution < -0.4 is 10.4 Å². The van der Waals surface area contributed by atoms with Crippen molar-refractivity contribution in [2.45, 2.75) is 20.0 Å². The Bertz CT molecular complexity index is 987. The highest BCUT2D eigenvalue weighted by Crippen LogP contribution is 2.31. The number of aryl methyl sites for hydroxylation is 1. The summed E-state index contributed by atoms with van der Waals surface area (Å²) in [4.78, 5) is 23.5. The van der Waals surface area contributed by atoms with Gasteiger partial charge in [0.1, 0.15) is 11.3 Å². The Hall–Kier alpha value is -3.08. The molecule has 5 heteroatoms. The number of benzene rings is 2. The molecule has 0 spiro atoms. The van der Waals surface area contributed by atoms with Crippen molar-refractivity contribution in [2.24, 2.45) is 0 Å². The quantitative estimate of drug-likeness (QED) is 0.536. The minimum Gasteiger partial charge on any atom is -0.479 e. The first-order valence-corrected chi connectivity index (χ1v) is 7.88. The number of fused-ring (bicyclic) bond motifs is 1. The van der Waals surface area contributed by atoms with Gasteiger partial charge in [0.2, 0.25) is 0 Å². The summed E-state index contributed by atoms with van der Waals surface area (Å²) in [6.07, 6.45) is -0.756. The monoisotopic (exact) mass is 338 g/mol. The zero-order valence-corrected chi connectivity index (χ0v) is 14.2. The van der Waals surface area contributed by atoms with E-state index >= 15 is 0 Å². The third-order valence-corrected chi connectivity index (χ3v) is 4.00. The lowest BCUT2D eigenvalue weighted by atomic mass is 9.98. The topological polar surface area (TPSA) is 65.7 Å². The van der Waals surface area contributed by atoms with E-state index in [0.717, 1.165) is 22.1 Å². The van der Waals surface area contributed by atoms with E-state index in [4.69, 9.17) is 9.15 Å². The van der Waals surface area contributed by atoms with Crippen LogP contribution in [0.3, 0.4) is 0 Å². The standard InChI is InChI=1S/C20H18O5/c1-12-6-4-5-7-15(12)17-11-19(21)25-18-10-14(8-9-16(17)18)24-13(2)20(22)23-3/h4-11,13H,1-3H3/t13-/m1/s1. The molecular weight excluding hydrogens is 320 g/mol. The number of rotatable bonds is 4. The largest absolute Gasteiger partial charge is 0.479 e. The summed E-state index contributed by atoms with van der Waals surface area (Å²) >= 11 is 0. The Morgan fingerprint density at radius 1 is 1.08 bits per heavy atom. The molecule has 0 radical (unpaired) electrons. The summed E-state index contributed by atoms with van der Waals surface area (Å²) in [6.45, 7) is 3.58. The molecule has 1 heterocycles. The summed E-state index contributed by atoms with van der Waals surface area (Å²) in [5, 5.41) is 0.798. The van der Waals surface area contributed by atoms with Crippen molar-refractivity contribution in [3.63, 3.8) is 0 Å². The molecule has 0 aliphatic rings. The Balaban J connectivity index is 2.09. The van der Waals surface area contributed by atoms with E-state index in [-0.39, 0.29) is 0 Å². The normalized spacial score (nSPS) is 12.0. The van der Waals surface area contributed by atoms with Crippen molar-refractivity contribution in [3.8, 4) is 16.9 Å². The Morgan fingerprint density at radius 2 is 1.84 bits per heavy atom. The fourth-order valence-electron chi connectivity index (χ4n) is 2.73. The molecule has 5 nitrogen and oxygen atoms in total. The highest BCUT2D eigenvalue weighted by Gasteiger charge is 2.16. The average molecular weight is 338 g/mol. The summed E-state index contributed by atoms with van der Waals surface area (Å²) in [6, 6.07) is 14.5. The van der Waals surface area contributed by atoms with Gasteiger partial charge in [-0.25, -0.2) is 9.59 Å². The Labute approximate surface area is 144 Å². The molecule has 3 aromatic rings. The minimum absolute atomic E-state index is 0.403. The Morgan fingerprint density at radius 3 is 2.56 bits per heavy atom. The molecule has 0 bridgehead atoms. The van der Waals surface area contributed by atoms with Crippen LogP contribution in [0.5, 0.6) is 5.75 Å². The minimum atomic E-state index is -0.756. The number of hydrogen-bond acceptors (Lipinski definition) is 5. The van der Waals surface area contributed by atoms with Gasteiger partial charge < -0.3 is 13.9 Å². The van der Waals surface area contributed by atoms with Crippen molar-refractivity contribution < 1.29 is 18.7 Å². The second-order valence-electron chi connectivity index (χ2n) is 5.74. The zero-order chi connectivity index (χ0) is 18.0. The molecule has 0 aliphatic heterocycles. The Kier molecular flexibility index (Phi) is 4.57. The SMILES string of the molecule is COC(=O)[C@@H](C)Oc1ccc2c(-c3ccccc3C)cc(=O)oc2c1. The van der Waals surface area contributed by atoms with Gasteiger partial charge in [0.15, 0.2) is 6.10 Å². The number of esters is 1. The predicted molar refractivity (Wildman–Crippen MR) is 94.8 cm³/mol. The lowest BCUT2D eigenvalue weighted by Gasteiger charge is -2.13. The lowest BCUT2D eigenvalue weighted by molar-refractivity contribution is -0.147. The number of carbonyl (C=O) groups is 1. The van der Waals surface area contributed by atoms with Crippen LogP contribution in [0.25, 0.3) is 22.1 Å². The molecule has 1 aromatic heterocycles. The van der Waals surface area contributed by atoms with Crippen LogP contribution in [0.4, 0.5) is 0 Å². The van der Waals surface area contributed by atoms with E-state index in [1.807, 2.05) is 37.3 Å². The number of methoxy groups -OCH3 is 1. The third kappa shape index (κ3) is 3.40. The second-order valence-corrected chi connectivity index (χ2v) is 5.74. The molecule has 25 heavy (non-hydrogen) atoms. The van der Waals surface area contributed by atoms with Crippen molar-refractivity contribution >= 4 is 16.9 Å². The first-order chi connectivity index (χ1) is 12.0. The van der Waals surface area contributed by atoms with Gasteiger partial charge in [-0.15, -0.1) is 0 Å². The smallest absolute Gasteiger partial charge is 0.346 e. The van der Waals surface area contributed by atoms with Crippen LogP contribution in [-0.4, -0.2) is 19.2 Å². The third-order valence-electron chi connectivity index (χ3n) is 4.00. The van der Waals surface area contributed by atoms with Crippen LogP contribution in [-0.2, 0) is 9.53 Å². The predicted octanol–water partition coefficient (Wildman–Crippen LogP) is 3.71. The highest BCUT2D eigenvalue weighted by atomic mass is 16.6. The molecule has 2 aromatic carbocycles. The summed E-state index contributed by atoms with van der Waals surface area (Å²) in [5.41, 5.74) is 2.80. The number of hydrogen-bond donors (Lipinski definition) is 0. The number of carbonyl (C=O) groups excluding carboxylic acids is 1. The van der Waals surface area contributed by atoms with Crippen molar-refractivity contribution in [3.05, 3.63) is 64.5 Å². The van der Waals surface area contributed by atoms with Gasteiger partial charge in [-0.2, -0.15) is 0 Å². The van der Waals surface area contributed by atoms with E-state index in [0.29, 0.717) is 11.3 Å². The van der Waals surface area contributed by atoms with E-state index in [2.05, 4.69) is 4.74 Å². The highest BCUT2D eigenvalue weighted by molar-refractivity contribution is 5.94. The molecule has 3 rings (SSSR count). The second kappa shape index (κ2) is 6.81. The molecule has 0 N–H and O–H groups in total. The fraction of sp³-hybridized carbons (Fsp3) is 0.200. The van der Waals surface area contributed by atoms with Crippen LogP contribution >= 0.6 is 0 Å². The van der Waals surface area contributed by atoms with Crippen LogP contribution in [0.15, 0.2) is 57.7 Å². The molecule has 128 valence electrons. The maximum absolute atomic E-state index is 12.0. The van der Waals surface area contributed by atoms with Crippen molar-refractivity contribution in [1.29, 1.82) is 0 Å². The van der Waals surface area contributed by atoms with E-state index in [9.17, 15) is 9.59 Å². The van der Waals surface area contributed by atoms with Gasteiger partial charge in [0.25, 0.3) is 0 Å². The molecule has 0 saturated carbocycles. The fourth-order valence-corrected chi connectivity index (χ4v) is 2.73. The first-order valence-electron chi connectivity index (χ1n) is 7.88. The van der Waals surface area contributed by atoms with Crippen molar-refractivity contribution in [1.82, 2.24) is 0 Å². The maximum atomic E-state index is 12.0. The van der Waals surface area contributed by atoms with Crippen LogP contribution in [0, 0.1) is 6.92 Å². The van der Waals surface area contributed by atoms with E-state index in [1.165, 1.54) is 13.2 Å². The molecular formula is C20H18O5. The molecule has 0 aliphatic carbocycles. The molecule has 0 saturated heterocycles. The molecule has 1 atom stereocenters. The zero-order valence-electron chi connectivity index (χ0n) is 14.2. The van der Waals surface area contributed by atoms with Gasteiger partial charge in [0.05, 0.1) is 7.11 Å². The lowest BCUT2D eigenvalue weighted by Crippen LogP contribution is -2.24. The van der Waals surface area contributed by atoms with E-state index in [1.54, 1.807) is 19.1 Å².